The Kier molecular flexibility index (Phi) is 3.01. The van der Waals surface area contributed by atoms with Gasteiger partial charge in [-0.05, 0) is 0 Å². The number of nitrogens with zero attached hydrogens (tertiary/aromatic N) is 1. The third-order valence-electron chi connectivity index (χ3n) is 1.87. The van der Waals surface area contributed by atoms with Crippen molar-refractivity contribution in [3.05, 3.63) is 35.9 Å². The zero-order valence-corrected chi connectivity index (χ0v) is 9.08. The summed E-state index contributed by atoms with van der Waals surface area (Å²) in [6.07, 6.45) is 0. The van der Waals surface area contributed by atoms with Crippen molar-refractivity contribution in [3.8, 4) is 0 Å². The van der Waals surface area contributed by atoms with E-state index in [0.29, 0.717) is 15.0 Å². The van der Waals surface area contributed by atoms with E-state index in [-0.39, 0.29) is 0 Å². The maximum atomic E-state index is 4.38. The Balaban J connectivity index is 1.86. The van der Waals surface area contributed by atoms with Crippen LogP contribution in [0.25, 0.3) is 0 Å². The molecule has 3 heteroatoms. The molecule has 0 fully saturated rings. The Morgan fingerprint density at radius 1 is 1.31 bits per heavy atom. The molecule has 1 aromatic carbocycles. The molecule has 13 heavy (non-hydrogen) atoms. The Hall–Kier alpha value is -0.791. The minimum absolute atomic E-state index is 0.606. The van der Waals surface area contributed by atoms with E-state index >= 15 is 0 Å². The monoisotopic (exact) mass is 240 g/mol. The molecule has 1 aliphatic heterocycles. The van der Waals surface area contributed by atoms with Crippen LogP contribution in [0.5, 0.6) is 0 Å². The Bertz CT molecular complexity index is 295. The van der Waals surface area contributed by atoms with Gasteiger partial charge >= 0.3 is 84.3 Å². The van der Waals surface area contributed by atoms with E-state index in [1.54, 1.807) is 0 Å². The maximum absolute atomic E-state index is 4.38. The molecule has 2 nitrogen and oxygen atoms in total. The van der Waals surface area contributed by atoms with Crippen LogP contribution in [0.3, 0.4) is 0 Å². The number of benzene rings is 1. The summed E-state index contributed by atoms with van der Waals surface area (Å²) >= 11 is 0.606. The van der Waals surface area contributed by atoms with Gasteiger partial charge in [0.1, 0.15) is 0 Å². The molecule has 0 aliphatic carbocycles. The van der Waals surface area contributed by atoms with Crippen molar-refractivity contribution < 1.29 is 0 Å². The van der Waals surface area contributed by atoms with Gasteiger partial charge in [-0.15, -0.1) is 0 Å². The first-order valence-corrected chi connectivity index (χ1v) is 6.47. The number of nitrogens with one attached hydrogen (secondary N) is 1. The molecule has 1 heterocycles. The van der Waals surface area contributed by atoms with Crippen LogP contribution in [0.15, 0.2) is 35.3 Å². The van der Waals surface area contributed by atoms with Gasteiger partial charge in [0.2, 0.25) is 0 Å². The Labute approximate surface area is 84.6 Å². The fourth-order valence-corrected chi connectivity index (χ4v) is 2.75. The summed E-state index contributed by atoms with van der Waals surface area (Å²) in [7, 11) is 0. The molecule has 0 atom stereocenters. The van der Waals surface area contributed by atoms with Crippen molar-refractivity contribution in [1.29, 1.82) is 0 Å². The van der Waals surface area contributed by atoms with Crippen LogP contribution >= 0.6 is 0 Å². The second-order valence-electron chi connectivity index (χ2n) is 2.87. The van der Waals surface area contributed by atoms with Crippen LogP contribution in [0.1, 0.15) is 5.56 Å². The number of hydrogen-bond acceptors (Lipinski definition) is 2. The van der Waals surface area contributed by atoms with Crippen LogP contribution in [-0.4, -0.2) is 26.2 Å². The van der Waals surface area contributed by atoms with Crippen molar-refractivity contribution in [3.63, 3.8) is 0 Å². The number of rotatable bonds is 2. The van der Waals surface area contributed by atoms with E-state index in [9.17, 15) is 0 Å². The molecular weight excluding hydrogens is 227 g/mol. The molecule has 68 valence electrons. The van der Waals surface area contributed by atoms with E-state index in [0.717, 1.165) is 13.1 Å². The predicted molar refractivity (Wildman–Crippen MR) is 56.1 cm³/mol. The zero-order valence-electron chi connectivity index (χ0n) is 7.36. The van der Waals surface area contributed by atoms with Crippen LogP contribution in [-0.2, 0) is 6.54 Å². The van der Waals surface area contributed by atoms with E-state index in [2.05, 4.69) is 34.6 Å². The van der Waals surface area contributed by atoms with Gasteiger partial charge in [-0.3, -0.25) is 0 Å². The van der Waals surface area contributed by atoms with E-state index < -0.39 is 0 Å². The predicted octanol–water partition coefficient (Wildman–Crippen LogP) is 1.27. The average Bonchev–Trinajstić information content (AvgIpc) is 2.69. The second-order valence-corrected chi connectivity index (χ2v) is 5.15. The van der Waals surface area contributed by atoms with E-state index in [1.165, 1.54) is 15.6 Å². The minimum atomic E-state index is 0.606. The van der Waals surface area contributed by atoms with E-state index in [4.69, 9.17) is 0 Å². The van der Waals surface area contributed by atoms with Gasteiger partial charge in [0, 0.05) is 0 Å². The molecule has 0 aromatic heterocycles. The quantitative estimate of drug-likeness (QED) is 0.772. The summed E-state index contributed by atoms with van der Waals surface area (Å²) in [6, 6.07) is 10.4. The number of hydrogen-bond donors (Lipinski definition) is 1. The summed E-state index contributed by atoms with van der Waals surface area (Å²) in [5.74, 6) is 0. The Morgan fingerprint density at radius 2 is 2.15 bits per heavy atom. The van der Waals surface area contributed by atoms with Gasteiger partial charge in [-0.25, -0.2) is 0 Å². The topological polar surface area (TPSA) is 24.4 Å². The standard InChI is InChI=1S/C10H12N2Se/c1-2-4-9(5-3-1)8-12-10-11-6-7-13-10/h1-5H,6-8H2,(H,11,12). The molecule has 1 aromatic rings. The zero-order chi connectivity index (χ0) is 8.93. The average molecular weight is 239 g/mol. The fraction of sp³-hybridized carbons (Fsp3) is 0.300. The molecule has 0 amide bonds. The summed E-state index contributed by atoms with van der Waals surface area (Å²) in [4.78, 5) is 4.38. The van der Waals surface area contributed by atoms with Gasteiger partial charge in [-0.1, -0.05) is 0 Å². The van der Waals surface area contributed by atoms with Crippen LogP contribution in [0.4, 0.5) is 0 Å². The first-order chi connectivity index (χ1) is 6.45. The molecule has 0 saturated heterocycles. The van der Waals surface area contributed by atoms with Gasteiger partial charge in [0.15, 0.2) is 0 Å². The van der Waals surface area contributed by atoms with Crippen molar-refractivity contribution in [1.82, 2.24) is 5.32 Å². The van der Waals surface area contributed by atoms with Crippen LogP contribution < -0.4 is 5.32 Å². The summed E-state index contributed by atoms with van der Waals surface area (Å²) in [6.45, 7) is 1.94. The Morgan fingerprint density at radius 3 is 2.85 bits per heavy atom. The second kappa shape index (κ2) is 4.45. The molecule has 0 unspecified atom stereocenters. The van der Waals surface area contributed by atoms with Gasteiger partial charge in [-0.2, -0.15) is 0 Å². The third kappa shape index (κ3) is 2.58. The molecular formula is C10H12N2Se. The molecule has 0 bridgehead atoms. The molecule has 1 aliphatic rings. The summed E-state index contributed by atoms with van der Waals surface area (Å²) < 4.78 is 1.23. The number of amidine groups is 1. The van der Waals surface area contributed by atoms with Crippen molar-refractivity contribution in [2.75, 3.05) is 6.54 Å². The molecule has 2 rings (SSSR count). The van der Waals surface area contributed by atoms with Crippen LogP contribution in [0.2, 0.25) is 5.32 Å². The summed E-state index contributed by atoms with van der Waals surface area (Å²) in [5, 5.41) is 4.64. The van der Waals surface area contributed by atoms with Gasteiger partial charge in [0.25, 0.3) is 0 Å². The van der Waals surface area contributed by atoms with Gasteiger partial charge in [0.05, 0.1) is 0 Å². The van der Waals surface area contributed by atoms with Crippen LogP contribution in [0, 0.1) is 0 Å². The van der Waals surface area contributed by atoms with E-state index in [1.807, 2.05) is 6.07 Å². The SMILES string of the molecule is c1ccc(CNC2=NCC[Se]2)cc1. The first kappa shape index (κ1) is 8.79. The first-order valence-electron chi connectivity index (χ1n) is 4.40. The normalized spacial score (nSPS) is 15.5. The van der Waals surface area contributed by atoms with Crippen molar-refractivity contribution in [2.45, 2.75) is 11.9 Å². The van der Waals surface area contributed by atoms with Crippen molar-refractivity contribution in [2.24, 2.45) is 4.99 Å². The summed E-state index contributed by atoms with van der Waals surface area (Å²) in [5.41, 5.74) is 1.33. The number of aliphatic imine (C=N–C) groups is 1. The molecule has 0 saturated carbocycles. The fourth-order valence-electron chi connectivity index (χ4n) is 1.22. The molecule has 1 N–H and O–H groups in total. The van der Waals surface area contributed by atoms with Gasteiger partial charge < -0.3 is 0 Å². The molecule has 0 spiro atoms. The molecule has 0 radical (unpaired) electrons. The van der Waals surface area contributed by atoms with Crippen molar-refractivity contribution >= 4 is 19.7 Å². The third-order valence-corrected chi connectivity index (χ3v) is 3.83.